The molecule has 0 saturated carbocycles. The smallest absolute Gasteiger partial charge is 0.0297 e. The van der Waals surface area contributed by atoms with Gasteiger partial charge in [0, 0.05) is 17.8 Å². The molecule has 0 aromatic heterocycles. The molecule has 1 nitrogen and oxygen atoms in total. The molecule has 0 aliphatic carbocycles. The summed E-state index contributed by atoms with van der Waals surface area (Å²) in [6.45, 7) is 6.69. The Kier molecular flexibility index (Phi) is 5.93. The zero-order chi connectivity index (χ0) is 12.0. The summed E-state index contributed by atoms with van der Waals surface area (Å²) in [6.07, 6.45) is 3.36. The molecule has 2 heteroatoms. The minimum absolute atomic E-state index is 0.443. The predicted molar refractivity (Wildman–Crippen MR) is 75.2 cm³/mol. The van der Waals surface area contributed by atoms with Crippen molar-refractivity contribution in [3.8, 4) is 0 Å². The second kappa shape index (κ2) is 6.97. The van der Waals surface area contributed by atoms with Crippen molar-refractivity contribution in [2.24, 2.45) is 0 Å². The van der Waals surface area contributed by atoms with E-state index in [0.29, 0.717) is 12.1 Å². The molecule has 0 fully saturated rings. The summed E-state index contributed by atoms with van der Waals surface area (Å²) in [5.41, 5.74) is 2.79. The molecule has 0 aliphatic heterocycles. The van der Waals surface area contributed by atoms with Crippen LogP contribution in [-0.4, -0.2) is 18.1 Å². The van der Waals surface area contributed by atoms with Crippen LogP contribution >= 0.6 is 11.8 Å². The van der Waals surface area contributed by atoms with E-state index in [-0.39, 0.29) is 0 Å². The van der Waals surface area contributed by atoms with Crippen molar-refractivity contribution in [1.29, 1.82) is 0 Å². The Morgan fingerprint density at radius 1 is 1.31 bits per heavy atom. The fourth-order valence-electron chi connectivity index (χ4n) is 2.00. The SMILES string of the molecule is CCC(CSC)NC(C)c1ccccc1C. The Labute approximate surface area is 104 Å². The molecular formula is C14H23NS. The highest BCUT2D eigenvalue weighted by atomic mass is 32.2. The number of thioether (sulfide) groups is 1. The zero-order valence-electron chi connectivity index (χ0n) is 10.8. The molecular weight excluding hydrogens is 214 g/mol. The first kappa shape index (κ1) is 13.6. The van der Waals surface area contributed by atoms with Gasteiger partial charge >= 0.3 is 0 Å². The van der Waals surface area contributed by atoms with E-state index in [1.165, 1.54) is 23.3 Å². The monoisotopic (exact) mass is 237 g/mol. The van der Waals surface area contributed by atoms with Gasteiger partial charge in [0.15, 0.2) is 0 Å². The van der Waals surface area contributed by atoms with Gasteiger partial charge in [-0.3, -0.25) is 0 Å². The van der Waals surface area contributed by atoms with Gasteiger partial charge in [0.2, 0.25) is 0 Å². The third kappa shape index (κ3) is 3.84. The van der Waals surface area contributed by atoms with Crippen LogP contribution in [0.1, 0.15) is 37.4 Å². The second-order valence-electron chi connectivity index (χ2n) is 4.31. The number of hydrogen-bond donors (Lipinski definition) is 1. The third-order valence-corrected chi connectivity index (χ3v) is 3.74. The Morgan fingerprint density at radius 3 is 2.56 bits per heavy atom. The second-order valence-corrected chi connectivity index (χ2v) is 5.22. The summed E-state index contributed by atoms with van der Waals surface area (Å²) >= 11 is 1.91. The molecule has 0 radical (unpaired) electrons. The number of rotatable bonds is 6. The van der Waals surface area contributed by atoms with Crippen LogP contribution in [0, 0.1) is 6.92 Å². The highest BCUT2D eigenvalue weighted by molar-refractivity contribution is 7.98. The van der Waals surface area contributed by atoms with Crippen LogP contribution in [0.25, 0.3) is 0 Å². The van der Waals surface area contributed by atoms with Crippen molar-refractivity contribution >= 4 is 11.8 Å². The van der Waals surface area contributed by atoms with Crippen LogP contribution in [0.4, 0.5) is 0 Å². The molecule has 1 aromatic rings. The third-order valence-electron chi connectivity index (χ3n) is 3.00. The normalized spacial score (nSPS) is 14.8. The Bertz CT molecular complexity index is 311. The van der Waals surface area contributed by atoms with Gasteiger partial charge in [-0.1, -0.05) is 31.2 Å². The lowest BCUT2D eigenvalue weighted by Crippen LogP contribution is -2.33. The lowest BCUT2D eigenvalue weighted by molar-refractivity contribution is 0.473. The topological polar surface area (TPSA) is 12.0 Å². The van der Waals surface area contributed by atoms with Gasteiger partial charge < -0.3 is 5.32 Å². The number of aryl methyl sites for hydroxylation is 1. The molecule has 0 aliphatic rings. The van der Waals surface area contributed by atoms with E-state index in [1.807, 2.05) is 11.8 Å². The lowest BCUT2D eigenvalue weighted by atomic mass is 10.0. The molecule has 0 amide bonds. The maximum absolute atomic E-state index is 3.70. The van der Waals surface area contributed by atoms with Crippen molar-refractivity contribution in [2.45, 2.75) is 39.3 Å². The molecule has 0 heterocycles. The molecule has 1 aromatic carbocycles. The maximum Gasteiger partial charge on any atom is 0.0297 e. The summed E-state index contributed by atoms with van der Waals surface area (Å²) in [4.78, 5) is 0. The van der Waals surface area contributed by atoms with Crippen LogP contribution in [0.3, 0.4) is 0 Å². The van der Waals surface area contributed by atoms with Gasteiger partial charge in [0.05, 0.1) is 0 Å². The summed E-state index contributed by atoms with van der Waals surface area (Å²) in [6, 6.07) is 9.69. The quantitative estimate of drug-likeness (QED) is 0.808. The van der Waals surface area contributed by atoms with Crippen molar-refractivity contribution in [2.75, 3.05) is 12.0 Å². The Hall–Kier alpha value is -0.470. The highest BCUT2D eigenvalue weighted by Crippen LogP contribution is 2.18. The van der Waals surface area contributed by atoms with Gasteiger partial charge in [-0.25, -0.2) is 0 Å². The highest BCUT2D eigenvalue weighted by Gasteiger charge is 2.12. The molecule has 16 heavy (non-hydrogen) atoms. The Morgan fingerprint density at radius 2 is 2.00 bits per heavy atom. The largest absolute Gasteiger partial charge is 0.307 e. The van der Waals surface area contributed by atoms with E-state index in [0.717, 1.165) is 0 Å². The van der Waals surface area contributed by atoms with Crippen LogP contribution in [0.2, 0.25) is 0 Å². The summed E-state index contributed by atoms with van der Waals surface area (Å²) in [5, 5.41) is 3.70. The molecule has 1 N–H and O–H groups in total. The molecule has 1 rings (SSSR count). The van der Waals surface area contributed by atoms with Gasteiger partial charge in [-0.2, -0.15) is 11.8 Å². The van der Waals surface area contributed by atoms with Crippen LogP contribution in [0.15, 0.2) is 24.3 Å². The minimum atomic E-state index is 0.443. The van der Waals surface area contributed by atoms with Crippen molar-refractivity contribution in [3.05, 3.63) is 35.4 Å². The number of hydrogen-bond acceptors (Lipinski definition) is 2. The lowest BCUT2D eigenvalue weighted by Gasteiger charge is -2.23. The van der Waals surface area contributed by atoms with Crippen molar-refractivity contribution < 1.29 is 0 Å². The fraction of sp³-hybridized carbons (Fsp3) is 0.571. The predicted octanol–water partition coefficient (Wildman–Crippen LogP) is 3.79. The molecule has 2 atom stereocenters. The van der Waals surface area contributed by atoms with E-state index in [2.05, 4.69) is 56.6 Å². The number of nitrogens with one attached hydrogen (secondary N) is 1. The molecule has 0 bridgehead atoms. The summed E-state index contributed by atoms with van der Waals surface area (Å²) in [5.74, 6) is 1.19. The first-order valence-electron chi connectivity index (χ1n) is 5.99. The summed E-state index contributed by atoms with van der Waals surface area (Å²) in [7, 11) is 0. The maximum atomic E-state index is 3.70. The van der Waals surface area contributed by atoms with E-state index < -0.39 is 0 Å². The summed E-state index contributed by atoms with van der Waals surface area (Å²) < 4.78 is 0. The van der Waals surface area contributed by atoms with Crippen molar-refractivity contribution in [3.63, 3.8) is 0 Å². The average molecular weight is 237 g/mol. The molecule has 90 valence electrons. The van der Waals surface area contributed by atoms with Crippen LogP contribution in [0.5, 0.6) is 0 Å². The Balaban J connectivity index is 2.64. The first-order chi connectivity index (χ1) is 7.69. The van der Waals surface area contributed by atoms with E-state index in [4.69, 9.17) is 0 Å². The van der Waals surface area contributed by atoms with Gasteiger partial charge in [0.25, 0.3) is 0 Å². The van der Waals surface area contributed by atoms with Gasteiger partial charge in [0.1, 0.15) is 0 Å². The van der Waals surface area contributed by atoms with E-state index >= 15 is 0 Å². The molecule has 0 spiro atoms. The average Bonchev–Trinajstić information content (AvgIpc) is 2.28. The molecule has 2 unspecified atom stereocenters. The van der Waals surface area contributed by atoms with Gasteiger partial charge in [-0.05, 0) is 37.7 Å². The van der Waals surface area contributed by atoms with Gasteiger partial charge in [-0.15, -0.1) is 0 Å². The molecule has 0 saturated heterocycles. The standard InChI is InChI=1S/C14H23NS/c1-5-13(10-16-4)15-12(3)14-9-7-6-8-11(14)2/h6-9,12-13,15H,5,10H2,1-4H3. The van der Waals surface area contributed by atoms with E-state index in [1.54, 1.807) is 0 Å². The van der Waals surface area contributed by atoms with Crippen LogP contribution in [-0.2, 0) is 0 Å². The van der Waals surface area contributed by atoms with E-state index in [9.17, 15) is 0 Å². The van der Waals surface area contributed by atoms with Crippen LogP contribution < -0.4 is 5.32 Å². The zero-order valence-corrected chi connectivity index (χ0v) is 11.6. The first-order valence-corrected chi connectivity index (χ1v) is 7.39. The fourth-order valence-corrected chi connectivity index (χ4v) is 2.74. The minimum Gasteiger partial charge on any atom is -0.307 e. The number of benzene rings is 1. The van der Waals surface area contributed by atoms with Crippen molar-refractivity contribution in [1.82, 2.24) is 5.32 Å².